The molecule has 0 saturated heterocycles. The third kappa shape index (κ3) is 4.24. The number of fused-ring (bicyclic) bond motifs is 1. The summed E-state index contributed by atoms with van der Waals surface area (Å²) in [5.41, 5.74) is -0.430. The number of nitrogens with zero attached hydrogens (tertiary/aromatic N) is 2. The monoisotopic (exact) mass is 417 g/mol. The molecule has 3 heterocycles. The molecule has 9 heteroatoms. The van der Waals surface area contributed by atoms with Crippen molar-refractivity contribution in [1.82, 2.24) is 14.9 Å². The van der Waals surface area contributed by atoms with Crippen LogP contribution in [0.25, 0.3) is 11.1 Å². The Kier molecular flexibility index (Phi) is 6.17. The van der Waals surface area contributed by atoms with Gasteiger partial charge in [-0.15, -0.1) is 11.3 Å². The second kappa shape index (κ2) is 8.60. The smallest absolute Gasteiger partial charge is 0.342 e. The van der Waals surface area contributed by atoms with Gasteiger partial charge < -0.3 is 14.5 Å². The van der Waals surface area contributed by atoms with Crippen LogP contribution >= 0.6 is 11.3 Å². The van der Waals surface area contributed by atoms with Crippen LogP contribution in [-0.4, -0.2) is 28.0 Å². The standard InChI is InChI=1S/C20H23N3O5S/c1-5-27-20(26)15-12(4)28-18-16(15)19(25)23(10-21-18)9-14(24)22-17(11(2)3)13-7-6-8-29-13/h6-8,10-11,17H,5,9H2,1-4H3,(H,22,24)/t17-/m1/s1. The summed E-state index contributed by atoms with van der Waals surface area (Å²) in [5, 5.41) is 4.95. The molecule has 3 aromatic heterocycles. The number of carbonyl (C=O) groups is 2. The summed E-state index contributed by atoms with van der Waals surface area (Å²) in [7, 11) is 0. The van der Waals surface area contributed by atoms with Crippen molar-refractivity contribution in [1.29, 1.82) is 0 Å². The molecule has 0 aliphatic carbocycles. The number of hydrogen-bond acceptors (Lipinski definition) is 7. The van der Waals surface area contributed by atoms with Crippen LogP contribution in [0.1, 0.15) is 47.8 Å². The molecule has 3 aromatic rings. The van der Waals surface area contributed by atoms with Crippen LogP contribution in [0.4, 0.5) is 0 Å². The molecule has 1 atom stereocenters. The molecular formula is C20H23N3O5S. The lowest BCUT2D eigenvalue weighted by Crippen LogP contribution is -2.36. The Morgan fingerprint density at radius 3 is 2.76 bits per heavy atom. The fourth-order valence-corrected chi connectivity index (χ4v) is 4.06. The Hall–Kier alpha value is -2.94. The fraction of sp³-hybridized carbons (Fsp3) is 0.400. The van der Waals surface area contributed by atoms with Crippen LogP contribution in [0.2, 0.25) is 0 Å². The van der Waals surface area contributed by atoms with E-state index in [2.05, 4.69) is 10.3 Å². The zero-order valence-corrected chi connectivity index (χ0v) is 17.5. The highest BCUT2D eigenvalue weighted by atomic mass is 32.1. The molecular weight excluding hydrogens is 394 g/mol. The maximum Gasteiger partial charge on any atom is 0.342 e. The predicted molar refractivity (Wildman–Crippen MR) is 109 cm³/mol. The molecule has 29 heavy (non-hydrogen) atoms. The van der Waals surface area contributed by atoms with Crippen molar-refractivity contribution in [2.24, 2.45) is 5.92 Å². The van der Waals surface area contributed by atoms with E-state index in [1.165, 1.54) is 10.9 Å². The molecule has 1 N–H and O–H groups in total. The number of hydrogen-bond donors (Lipinski definition) is 1. The molecule has 0 aliphatic rings. The molecule has 0 unspecified atom stereocenters. The normalized spacial score (nSPS) is 12.3. The number of thiophene rings is 1. The Morgan fingerprint density at radius 2 is 2.14 bits per heavy atom. The van der Waals surface area contributed by atoms with Crippen LogP contribution < -0.4 is 10.9 Å². The average molecular weight is 417 g/mol. The van der Waals surface area contributed by atoms with E-state index in [4.69, 9.17) is 9.15 Å². The minimum absolute atomic E-state index is 0.0231. The molecule has 1 amide bonds. The van der Waals surface area contributed by atoms with Crippen molar-refractivity contribution in [3.8, 4) is 0 Å². The third-order valence-corrected chi connectivity index (χ3v) is 5.44. The van der Waals surface area contributed by atoms with Gasteiger partial charge in [0, 0.05) is 4.88 Å². The van der Waals surface area contributed by atoms with Gasteiger partial charge in [0.05, 0.1) is 12.6 Å². The van der Waals surface area contributed by atoms with Gasteiger partial charge in [-0.3, -0.25) is 14.2 Å². The predicted octanol–water partition coefficient (Wildman–Crippen LogP) is 3.05. The van der Waals surface area contributed by atoms with Gasteiger partial charge in [0.25, 0.3) is 5.56 Å². The first-order chi connectivity index (χ1) is 13.8. The molecule has 0 fully saturated rings. The van der Waals surface area contributed by atoms with Crippen LogP contribution in [0.15, 0.2) is 33.1 Å². The van der Waals surface area contributed by atoms with E-state index in [9.17, 15) is 14.4 Å². The number of esters is 1. The Bertz CT molecular complexity index is 1080. The first-order valence-electron chi connectivity index (χ1n) is 9.31. The van der Waals surface area contributed by atoms with Crippen molar-refractivity contribution in [3.63, 3.8) is 0 Å². The minimum Gasteiger partial charge on any atom is -0.462 e. The molecule has 0 aliphatic heterocycles. The Labute approximate surface area is 171 Å². The van der Waals surface area contributed by atoms with Crippen molar-refractivity contribution in [2.75, 3.05) is 6.61 Å². The number of nitrogens with one attached hydrogen (secondary N) is 1. The molecule has 8 nitrogen and oxygen atoms in total. The number of furan rings is 1. The van der Waals surface area contributed by atoms with E-state index < -0.39 is 11.5 Å². The van der Waals surface area contributed by atoms with Gasteiger partial charge >= 0.3 is 5.97 Å². The van der Waals surface area contributed by atoms with Crippen LogP contribution in [0.3, 0.4) is 0 Å². The number of ether oxygens (including phenoxy) is 1. The largest absolute Gasteiger partial charge is 0.462 e. The topological polar surface area (TPSA) is 103 Å². The SMILES string of the molecule is CCOC(=O)c1c(C)oc2ncn(CC(=O)N[C@@H](c3cccs3)C(C)C)c(=O)c12. The Morgan fingerprint density at radius 1 is 1.38 bits per heavy atom. The molecule has 154 valence electrons. The minimum atomic E-state index is -0.651. The Balaban J connectivity index is 1.89. The van der Waals surface area contributed by atoms with Crippen molar-refractivity contribution < 1.29 is 18.7 Å². The number of aryl methyl sites for hydroxylation is 1. The number of amides is 1. The molecule has 0 spiro atoms. The highest BCUT2D eigenvalue weighted by molar-refractivity contribution is 7.10. The number of rotatable bonds is 7. The third-order valence-electron chi connectivity index (χ3n) is 4.48. The van der Waals surface area contributed by atoms with Crippen LogP contribution in [-0.2, 0) is 16.1 Å². The van der Waals surface area contributed by atoms with Gasteiger partial charge in [-0.2, -0.15) is 0 Å². The van der Waals surface area contributed by atoms with E-state index in [-0.39, 0.29) is 53.4 Å². The van der Waals surface area contributed by atoms with Crippen LogP contribution in [0, 0.1) is 12.8 Å². The first kappa shape index (κ1) is 20.8. The first-order valence-corrected chi connectivity index (χ1v) is 10.2. The second-order valence-electron chi connectivity index (χ2n) is 6.92. The summed E-state index contributed by atoms with van der Waals surface area (Å²) in [4.78, 5) is 42.9. The highest BCUT2D eigenvalue weighted by Gasteiger charge is 2.25. The van der Waals surface area contributed by atoms with Gasteiger partial charge in [-0.25, -0.2) is 9.78 Å². The van der Waals surface area contributed by atoms with Gasteiger partial charge in [0.2, 0.25) is 11.6 Å². The zero-order chi connectivity index (χ0) is 21.1. The molecule has 0 radical (unpaired) electrons. The summed E-state index contributed by atoms with van der Waals surface area (Å²) in [5.74, 6) is -0.537. The van der Waals surface area contributed by atoms with E-state index in [1.54, 1.807) is 25.2 Å². The second-order valence-corrected chi connectivity index (χ2v) is 7.90. The fourth-order valence-electron chi connectivity index (χ4n) is 3.11. The molecule has 0 saturated carbocycles. The zero-order valence-electron chi connectivity index (χ0n) is 16.7. The summed E-state index contributed by atoms with van der Waals surface area (Å²) in [6, 6.07) is 3.75. The van der Waals surface area contributed by atoms with Crippen LogP contribution in [0.5, 0.6) is 0 Å². The maximum absolute atomic E-state index is 12.9. The maximum atomic E-state index is 12.9. The summed E-state index contributed by atoms with van der Waals surface area (Å²) < 4.78 is 11.6. The average Bonchev–Trinajstić information content (AvgIpc) is 3.29. The summed E-state index contributed by atoms with van der Waals surface area (Å²) in [6.07, 6.45) is 1.25. The lowest BCUT2D eigenvalue weighted by molar-refractivity contribution is -0.122. The molecule has 3 rings (SSSR count). The van der Waals surface area contributed by atoms with Crippen molar-refractivity contribution in [3.05, 3.63) is 50.4 Å². The number of aromatic nitrogens is 2. The van der Waals surface area contributed by atoms with E-state index in [0.717, 1.165) is 4.88 Å². The quantitative estimate of drug-likeness (QED) is 0.593. The number of carbonyl (C=O) groups excluding carboxylic acids is 2. The van der Waals surface area contributed by atoms with E-state index in [1.807, 2.05) is 31.4 Å². The summed E-state index contributed by atoms with van der Waals surface area (Å²) >= 11 is 1.57. The highest BCUT2D eigenvalue weighted by Crippen LogP contribution is 2.26. The van der Waals surface area contributed by atoms with Crippen molar-refractivity contribution >= 4 is 34.3 Å². The van der Waals surface area contributed by atoms with E-state index >= 15 is 0 Å². The van der Waals surface area contributed by atoms with Gasteiger partial charge in [0.15, 0.2) is 0 Å². The van der Waals surface area contributed by atoms with Gasteiger partial charge in [0.1, 0.15) is 29.6 Å². The molecule has 0 aromatic carbocycles. The van der Waals surface area contributed by atoms with Gasteiger partial charge in [-0.1, -0.05) is 19.9 Å². The lowest BCUT2D eigenvalue weighted by Gasteiger charge is -2.21. The van der Waals surface area contributed by atoms with Gasteiger partial charge in [-0.05, 0) is 31.2 Å². The van der Waals surface area contributed by atoms with Crippen molar-refractivity contribution in [2.45, 2.75) is 40.3 Å². The molecule has 0 bridgehead atoms. The summed E-state index contributed by atoms with van der Waals surface area (Å²) in [6.45, 7) is 7.23. The van der Waals surface area contributed by atoms with E-state index in [0.29, 0.717) is 0 Å². The lowest BCUT2D eigenvalue weighted by atomic mass is 10.0.